The molecule has 0 aliphatic rings. The topological polar surface area (TPSA) is 26.3 Å². The molecule has 0 unspecified atom stereocenters. The fourth-order valence-corrected chi connectivity index (χ4v) is 0.482. The van der Waals surface area contributed by atoms with Gasteiger partial charge in [0, 0.05) is 0 Å². The van der Waals surface area contributed by atoms with Crippen LogP contribution in [0, 0.1) is 0 Å². The Morgan fingerprint density at radius 3 is 3.00 bits per heavy atom. The zero-order valence-corrected chi connectivity index (χ0v) is 5.59. The van der Waals surface area contributed by atoms with E-state index in [-0.39, 0.29) is 0 Å². The molecule has 0 amide bonds. The van der Waals surface area contributed by atoms with Crippen molar-refractivity contribution in [1.29, 1.82) is 0 Å². The fourth-order valence-electron chi connectivity index (χ4n) is 0.482. The van der Waals surface area contributed by atoms with E-state index in [0.717, 1.165) is 12.8 Å². The summed E-state index contributed by atoms with van der Waals surface area (Å²) >= 11 is 0. The molecule has 0 saturated heterocycles. The second-order valence-corrected chi connectivity index (χ2v) is 1.64. The van der Waals surface area contributed by atoms with E-state index in [1.54, 1.807) is 0 Å². The maximum atomic E-state index is 9.47. The highest BCUT2D eigenvalue weighted by molar-refractivity contribution is 5.37. The molecular formula is C7H11O2. The summed E-state index contributed by atoms with van der Waals surface area (Å²) in [6.45, 7) is 3.82. The van der Waals surface area contributed by atoms with Crippen molar-refractivity contribution in [3.8, 4) is 0 Å². The molecule has 0 aliphatic carbocycles. The zero-order chi connectivity index (χ0) is 6.95. The molecule has 0 heterocycles. The van der Waals surface area contributed by atoms with Gasteiger partial charge in [-0.1, -0.05) is 12.2 Å². The quantitative estimate of drug-likeness (QED) is 0.412. The van der Waals surface area contributed by atoms with Crippen LogP contribution in [0.25, 0.3) is 0 Å². The molecule has 0 aromatic carbocycles. The molecule has 0 N–H and O–H groups in total. The minimum Gasteiger partial charge on any atom is -0.457 e. The van der Waals surface area contributed by atoms with Crippen LogP contribution in [0.4, 0.5) is 0 Å². The number of carbonyl (C=O) groups excluding carboxylic acids is 1. The highest BCUT2D eigenvalue weighted by Gasteiger charge is 1.82. The van der Waals surface area contributed by atoms with E-state index in [4.69, 9.17) is 0 Å². The first-order chi connectivity index (χ1) is 4.41. The van der Waals surface area contributed by atoms with Crippen LogP contribution in [0.3, 0.4) is 0 Å². The molecule has 0 spiro atoms. The molecule has 2 nitrogen and oxygen atoms in total. The molecule has 2 heteroatoms. The van der Waals surface area contributed by atoms with Gasteiger partial charge in [-0.15, -0.1) is 0 Å². The zero-order valence-electron chi connectivity index (χ0n) is 5.59. The average Bonchev–Trinajstić information content (AvgIpc) is 1.89. The predicted octanol–water partition coefficient (Wildman–Crippen LogP) is 1.43. The average molecular weight is 127 g/mol. The third kappa shape index (κ3) is 7.21. The monoisotopic (exact) mass is 127 g/mol. The number of unbranched alkanes of at least 4 members (excludes halogenated alkanes) is 1. The normalized spacial score (nSPS) is 9.89. The summed E-state index contributed by atoms with van der Waals surface area (Å²) in [6.07, 6.45) is 5.87. The summed E-state index contributed by atoms with van der Waals surface area (Å²) < 4.78 is 4.34. The minimum atomic E-state index is 0.480. The first-order valence-corrected chi connectivity index (χ1v) is 3.02. The number of ether oxygens (including phenoxy) is 1. The molecule has 1 radical (unpaired) electrons. The van der Waals surface area contributed by atoms with Crippen molar-refractivity contribution in [3.63, 3.8) is 0 Å². The van der Waals surface area contributed by atoms with Crippen molar-refractivity contribution in [2.24, 2.45) is 0 Å². The third-order valence-electron chi connectivity index (χ3n) is 0.912. The molecule has 0 saturated carbocycles. The molecule has 0 aliphatic heterocycles. The van der Waals surface area contributed by atoms with E-state index in [1.807, 2.05) is 19.1 Å². The fraction of sp³-hybridized carbons (Fsp3) is 0.571. The van der Waals surface area contributed by atoms with E-state index in [2.05, 4.69) is 4.74 Å². The van der Waals surface area contributed by atoms with Crippen LogP contribution in [0.1, 0.15) is 19.8 Å². The highest BCUT2D eigenvalue weighted by Crippen LogP contribution is 1.89. The maximum absolute atomic E-state index is 9.47. The highest BCUT2D eigenvalue weighted by atomic mass is 16.5. The van der Waals surface area contributed by atoms with Crippen molar-refractivity contribution in [3.05, 3.63) is 12.2 Å². The van der Waals surface area contributed by atoms with Gasteiger partial charge in [-0.25, -0.2) is 4.79 Å². The predicted molar refractivity (Wildman–Crippen MR) is 35.7 cm³/mol. The van der Waals surface area contributed by atoms with Gasteiger partial charge in [0.2, 0.25) is 0 Å². The lowest BCUT2D eigenvalue weighted by Gasteiger charge is -1.91. The lowest BCUT2D eigenvalue weighted by atomic mass is 10.3. The van der Waals surface area contributed by atoms with Gasteiger partial charge in [0.15, 0.2) is 0 Å². The second kappa shape index (κ2) is 7.21. The van der Waals surface area contributed by atoms with E-state index >= 15 is 0 Å². The van der Waals surface area contributed by atoms with Crippen LogP contribution in [0.15, 0.2) is 12.2 Å². The number of hydrogen-bond acceptors (Lipinski definition) is 2. The Hall–Kier alpha value is -0.790. The van der Waals surface area contributed by atoms with Crippen molar-refractivity contribution in [2.45, 2.75) is 19.8 Å². The van der Waals surface area contributed by atoms with Crippen LogP contribution < -0.4 is 0 Å². The largest absolute Gasteiger partial charge is 0.457 e. The maximum Gasteiger partial charge on any atom is 0.417 e. The molecule has 0 bridgehead atoms. The van der Waals surface area contributed by atoms with Gasteiger partial charge in [0.25, 0.3) is 0 Å². The van der Waals surface area contributed by atoms with Crippen LogP contribution in [0.5, 0.6) is 0 Å². The SMILES string of the molecule is C/C=C/CCCO[C]=O. The Bertz CT molecular complexity index is 86.9. The molecule has 0 rings (SSSR count). The molecule has 9 heavy (non-hydrogen) atoms. The number of hydrogen-bond donors (Lipinski definition) is 0. The summed E-state index contributed by atoms with van der Waals surface area (Å²) in [6, 6.07) is 0. The number of rotatable bonds is 5. The summed E-state index contributed by atoms with van der Waals surface area (Å²) in [5.41, 5.74) is 0. The summed E-state index contributed by atoms with van der Waals surface area (Å²) in [5.74, 6) is 0. The Morgan fingerprint density at radius 1 is 1.67 bits per heavy atom. The molecule has 0 atom stereocenters. The lowest BCUT2D eigenvalue weighted by Crippen LogP contribution is -1.89. The standard InChI is InChI=1S/C7H11O2/c1-2-3-4-5-6-9-7-8/h2-3H,4-6H2,1H3/b3-2+. The third-order valence-corrected chi connectivity index (χ3v) is 0.912. The smallest absolute Gasteiger partial charge is 0.417 e. The van der Waals surface area contributed by atoms with E-state index in [9.17, 15) is 4.79 Å². The number of allylic oxidation sites excluding steroid dienone is 2. The van der Waals surface area contributed by atoms with Crippen molar-refractivity contribution >= 4 is 6.47 Å². The molecule has 0 aromatic heterocycles. The van der Waals surface area contributed by atoms with Gasteiger partial charge < -0.3 is 4.74 Å². The lowest BCUT2D eigenvalue weighted by molar-refractivity contribution is 0.274. The first kappa shape index (κ1) is 8.21. The summed E-state index contributed by atoms with van der Waals surface area (Å²) in [5, 5.41) is 0. The Kier molecular flexibility index (Phi) is 6.58. The van der Waals surface area contributed by atoms with Gasteiger partial charge >= 0.3 is 6.47 Å². The molecule has 51 valence electrons. The van der Waals surface area contributed by atoms with Crippen molar-refractivity contribution < 1.29 is 9.53 Å². The van der Waals surface area contributed by atoms with Gasteiger partial charge in [-0.3, -0.25) is 0 Å². The first-order valence-electron chi connectivity index (χ1n) is 3.02. The van der Waals surface area contributed by atoms with Crippen molar-refractivity contribution in [1.82, 2.24) is 0 Å². The van der Waals surface area contributed by atoms with Crippen LogP contribution in [-0.2, 0) is 9.53 Å². The van der Waals surface area contributed by atoms with Gasteiger partial charge in [0.1, 0.15) is 0 Å². The van der Waals surface area contributed by atoms with Gasteiger partial charge in [0.05, 0.1) is 6.61 Å². The summed E-state index contributed by atoms with van der Waals surface area (Å²) in [7, 11) is 0. The Balaban J connectivity index is 2.82. The van der Waals surface area contributed by atoms with Crippen LogP contribution >= 0.6 is 0 Å². The van der Waals surface area contributed by atoms with Gasteiger partial charge in [-0.05, 0) is 19.8 Å². The molecule has 0 aromatic rings. The minimum absolute atomic E-state index is 0.480. The van der Waals surface area contributed by atoms with Crippen LogP contribution in [-0.4, -0.2) is 13.1 Å². The van der Waals surface area contributed by atoms with E-state index in [1.165, 1.54) is 6.47 Å². The van der Waals surface area contributed by atoms with Gasteiger partial charge in [-0.2, -0.15) is 0 Å². The molecular weight excluding hydrogens is 116 g/mol. The van der Waals surface area contributed by atoms with E-state index in [0.29, 0.717) is 6.61 Å². The van der Waals surface area contributed by atoms with Crippen LogP contribution in [0.2, 0.25) is 0 Å². The van der Waals surface area contributed by atoms with Crippen molar-refractivity contribution in [2.75, 3.05) is 6.61 Å². The Labute approximate surface area is 55.5 Å². The summed E-state index contributed by atoms with van der Waals surface area (Å²) in [4.78, 5) is 9.47. The van der Waals surface area contributed by atoms with E-state index < -0.39 is 0 Å². The molecule has 0 fully saturated rings. The Morgan fingerprint density at radius 2 is 2.44 bits per heavy atom. The second-order valence-electron chi connectivity index (χ2n) is 1.64.